The first-order valence-corrected chi connectivity index (χ1v) is 6.60. The van der Waals surface area contributed by atoms with Gasteiger partial charge in [-0.25, -0.2) is 4.79 Å². The van der Waals surface area contributed by atoms with E-state index in [1.54, 1.807) is 13.8 Å². The molecule has 0 aromatic rings. The van der Waals surface area contributed by atoms with Crippen molar-refractivity contribution in [3.05, 3.63) is 0 Å². The molecule has 0 bridgehead atoms. The van der Waals surface area contributed by atoms with Crippen LogP contribution in [0.3, 0.4) is 0 Å². The van der Waals surface area contributed by atoms with Crippen molar-refractivity contribution in [1.29, 1.82) is 0 Å². The SMILES string of the molecule is CC(C)CC(C)NCCC1(N)OC(C)(C)OC1=O. The Morgan fingerprint density at radius 1 is 1.33 bits per heavy atom. The molecule has 1 saturated heterocycles. The minimum atomic E-state index is -1.31. The Balaban J connectivity index is 2.37. The van der Waals surface area contributed by atoms with Crippen molar-refractivity contribution in [2.45, 2.75) is 65.0 Å². The summed E-state index contributed by atoms with van der Waals surface area (Å²) < 4.78 is 10.5. The number of rotatable bonds is 6. The highest BCUT2D eigenvalue weighted by atomic mass is 16.8. The van der Waals surface area contributed by atoms with Crippen LogP contribution in [0.15, 0.2) is 0 Å². The number of nitrogens with two attached hydrogens (primary N) is 1. The molecule has 0 aromatic carbocycles. The fraction of sp³-hybridized carbons (Fsp3) is 0.923. The van der Waals surface area contributed by atoms with E-state index < -0.39 is 17.5 Å². The van der Waals surface area contributed by atoms with Gasteiger partial charge in [-0.2, -0.15) is 0 Å². The van der Waals surface area contributed by atoms with Gasteiger partial charge in [0.15, 0.2) is 0 Å². The highest BCUT2D eigenvalue weighted by molar-refractivity contribution is 5.80. The van der Waals surface area contributed by atoms with Crippen molar-refractivity contribution in [1.82, 2.24) is 5.32 Å². The van der Waals surface area contributed by atoms with E-state index in [0.717, 1.165) is 6.42 Å². The van der Waals surface area contributed by atoms with Gasteiger partial charge in [0.2, 0.25) is 11.5 Å². The molecule has 2 unspecified atom stereocenters. The molecule has 0 aromatic heterocycles. The van der Waals surface area contributed by atoms with E-state index in [4.69, 9.17) is 15.2 Å². The van der Waals surface area contributed by atoms with Crippen LogP contribution in [0.2, 0.25) is 0 Å². The fourth-order valence-corrected chi connectivity index (χ4v) is 2.26. The van der Waals surface area contributed by atoms with Gasteiger partial charge in [-0.3, -0.25) is 5.73 Å². The lowest BCUT2D eigenvalue weighted by molar-refractivity contribution is -0.166. The number of hydrogen-bond acceptors (Lipinski definition) is 5. The maximum absolute atomic E-state index is 11.7. The first-order valence-electron chi connectivity index (χ1n) is 6.60. The lowest BCUT2D eigenvalue weighted by Gasteiger charge is -2.23. The molecule has 0 spiro atoms. The summed E-state index contributed by atoms with van der Waals surface area (Å²) in [4.78, 5) is 11.7. The molecule has 3 N–H and O–H groups in total. The molecule has 2 atom stereocenters. The Hall–Kier alpha value is -0.650. The largest absolute Gasteiger partial charge is 0.430 e. The number of esters is 1. The standard InChI is InChI=1S/C13H26N2O3/c1-9(2)8-10(3)15-7-6-13(14)11(16)17-12(4,5)18-13/h9-10,15H,6-8,14H2,1-5H3. The monoisotopic (exact) mass is 258 g/mol. The van der Waals surface area contributed by atoms with Gasteiger partial charge in [-0.05, 0) is 19.3 Å². The molecule has 0 saturated carbocycles. The predicted octanol–water partition coefficient (Wildman–Crippen LogP) is 1.37. The molecular formula is C13H26N2O3. The van der Waals surface area contributed by atoms with Crippen LogP contribution in [-0.4, -0.2) is 30.1 Å². The second-order valence-electron chi connectivity index (χ2n) is 6.02. The van der Waals surface area contributed by atoms with Crippen LogP contribution in [0, 0.1) is 5.92 Å². The zero-order valence-electron chi connectivity index (χ0n) is 12.1. The summed E-state index contributed by atoms with van der Waals surface area (Å²) in [6.07, 6.45) is 1.51. The summed E-state index contributed by atoms with van der Waals surface area (Å²) in [7, 11) is 0. The number of carbonyl (C=O) groups excluding carboxylic acids is 1. The first kappa shape index (κ1) is 15.4. The second kappa shape index (κ2) is 5.55. The van der Waals surface area contributed by atoms with Gasteiger partial charge < -0.3 is 14.8 Å². The predicted molar refractivity (Wildman–Crippen MR) is 69.7 cm³/mol. The third kappa shape index (κ3) is 4.23. The summed E-state index contributed by atoms with van der Waals surface area (Å²) in [5, 5.41) is 3.35. The van der Waals surface area contributed by atoms with Crippen LogP contribution >= 0.6 is 0 Å². The van der Waals surface area contributed by atoms with Crippen LogP contribution in [0.5, 0.6) is 0 Å². The Morgan fingerprint density at radius 2 is 1.94 bits per heavy atom. The lowest BCUT2D eigenvalue weighted by Crippen LogP contribution is -2.49. The molecule has 5 heteroatoms. The summed E-state index contributed by atoms with van der Waals surface area (Å²) in [5.41, 5.74) is 4.62. The highest BCUT2D eigenvalue weighted by Crippen LogP contribution is 2.30. The minimum absolute atomic E-state index is 0.402. The van der Waals surface area contributed by atoms with Crippen LogP contribution in [-0.2, 0) is 14.3 Å². The molecule has 1 fully saturated rings. The van der Waals surface area contributed by atoms with Crippen molar-refractivity contribution >= 4 is 5.97 Å². The van der Waals surface area contributed by atoms with Gasteiger partial charge in [0.25, 0.3) is 0 Å². The zero-order chi connectivity index (χ0) is 14.0. The van der Waals surface area contributed by atoms with Gasteiger partial charge in [-0.1, -0.05) is 13.8 Å². The molecule has 1 heterocycles. The van der Waals surface area contributed by atoms with E-state index >= 15 is 0 Å². The molecule has 1 aliphatic rings. The lowest BCUT2D eigenvalue weighted by atomic mass is 10.0. The van der Waals surface area contributed by atoms with Gasteiger partial charge in [0, 0.05) is 32.9 Å². The molecule has 0 aliphatic carbocycles. The Labute approximate surface area is 109 Å². The smallest absolute Gasteiger partial charge is 0.356 e. The fourth-order valence-electron chi connectivity index (χ4n) is 2.26. The molecular weight excluding hydrogens is 232 g/mol. The average Bonchev–Trinajstić information content (AvgIpc) is 2.33. The first-order chi connectivity index (χ1) is 8.15. The number of cyclic esters (lactones) is 1. The quantitative estimate of drug-likeness (QED) is 0.704. The normalized spacial score (nSPS) is 28.5. The molecule has 18 heavy (non-hydrogen) atoms. The average molecular weight is 258 g/mol. The van der Waals surface area contributed by atoms with Crippen molar-refractivity contribution < 1.29 is 14.3 Å². The molecule has 106 valence electrons. The van der Waals surface area contributed by atoms with E-state index in [1.807, 2.05) is 0 Å². The molecule has 0 radical (unpaired) electrons. The van der Waals surface area contributed by atoms with E-state index in [2.05, 4.69) is 26.1 Å². The van der Waals surface area contributed by atoms with E-state index in [1.165, 1.54) is 0 Å². The summed E-state index contributed by atoms with van der Waals surface area (Å²) in [6.45, 7) is 10.5. The highest BCUT2D eigenvalue weighted by Gasteiger charge is 2.51. The molecule has 1 aliphatic heterocycles. The number of nitrogens with one attached hydrogen (secondary N) is 1. The van der Waals surface area contributed by atoms with Gasteiger partial charge in [0.05, 0.1) is 0 Å². The van der Waals surface area contributed by atoms with E-state index in [-0.39, 0.29) is 0 Å². The zero-order valence-corrected chi connectivity index (χ0v) is 12.1. The minimum Gasteiger partial charge on any atom is -0.430 e. The van der Waals surface area contributed by atoms with Gasteiger partial charge >= 0.3 is 5.97 Å². The number of ether oxygens (including phenoxy) is 2. The van der Waals surface area contributed by atoms with Crippen LogP contribution in [0.4, 0.5) is 0 Å². The second-order valence-corrected chi connectivity index (χ2v) is 6.02. The van der Waals surface area contributed by atoms with Gasteiger partial charge in [-0.15, -0.1) is 0 Å². The number of carbonyl (C=O) groups is 1. The summed E-state index contributed by atoms with van der Waals surface area (Å²) in [6, 6.07) is 0.402. The molecule has 5 nitrogen and oxygen atoms in total. The maximum Gasteiger partial charge on any atom is 0.356 e. The molecule has 0 amide bonds. The van der Waals surface area contributed by atoms with Crippen molar-refractivity contribution in [2.75, 3.05) is 6.54 Å². The molecule has 1 rings (SSSR count). The van der Waals surface area contributed by atoms with E-state index in [9.17, 15) is 4.79 Å². The third-order valence-electron chi connectivity index (χ3n) is 2.93. The van der Waals surface area contributed by atoms with Crippen LogP contribution in [0.25, 0.3) is 0 Å². The number of hydrogen-bond donors (Lipinski definition) is 2. The summed E-state index contributed by atoms with van der Waals surface area (Å²) in [5.74, 6) is -0.758. The third-order valence-corrected chi connectivity index (χ3v) is 2.93. The topological polar surface area (TPSA) is 73.6 Å². The summed E-state index contributed by atoms with van der Waals surface area (Å²) >= 11 is 0. The van der Waals surface area contributed by atoms with Crippen molar-refractivity contribution in [3.8, 4) is 0 Å². The van der Waals surface area contributed by atoms with Crippen molar-refractivity contribution in [3.63, 3.8) is 0 Å². The maximum atomic E-state index is 11.7. The van der Waals surface area contributed by atoms with Gasteiger partial charge in [0.1, 0.15) is 0 Å². The Bertz CT molecular complexity index is 305. The van der Waals surface area contributed by atoms with E-state index in [0.29, 0.717) is 24.9 Å². The van der Waals surface area contributed by atoms with Crippen LogP contribution in [0.1, 0.15) is 47.5 Å². The Kier molecular flexibility index (Phi) is 4.75. The van der Waals surface area contributed by atoms with Crippen molar-refractivity contribution in [2.24, 2.45) is 11.7 Å². The Morgan fingerprint density at radius 3 is 2.39 bits per heavy atom. The van der Waals surface area contributed by atoms with Crippen LogP contribution < -0.4 is 11.1 Å².